The summed E-state index contributed by atoms with van der Waals surface area (Å²) in [5.74, 6) is 0.864. The van der Waals surface area contributed by atoms with Crippen LogP contribution in [0.1, 0.15) is 51.5 Å². The van der Waals surface area contributed by atoms with Crippen LogP contribution >= 0.6 is 11.6 Å². The van der Waals surface area contributed by atoms with Crippen molar-refractivity contribution in [1.29, 1.82) is 0 Å². The first kappa shape index (κ1) is 20.0. The topological polar surface area (TPSA) is 64.4 Å². The number of amides is 1. The molecule has 1 N–H and O–H groups in total. The van der Waals surface area contributed by atoms with E-state index in [9.17, 15) is 4.79 Å². The number of hydrogen-bond donors (Lipinski definition) is 1. The Morgan fingerprint density at radius 2 is 2.00 bits per heavy atom. The molecule has 2 aromatic carbocycles. The maximum absolute atomic E-state index is 12.8. The predicted molar refractivity (Wildman–Crippen MR) is 109 cm³/mol. The van der Waals surface area contributed by atoms with Crippen molar-refractivity contribution in [1.82, 2.24) is 10.5 Å². The van der Waals surface area contributed by atoms with Crippen LogP contribution in [0.3, 0.4) is 0 Å². The molecule has 1 atom stereocenters. The molecule has 6 heteroatoms. The van der Waals surface area contributed by atoms with Crippen molar-refractivity contribution >= 4 is 17.5 Å². The number of aromatic nitrogens is 1. The van der Waals surface area contributed by atoms with Gasteiger partial charge in [-0.25, -0.2) is 0 Å². The summed E-state index contributed by atoms with van der Waals surface area (Å²) < 4.78 is 11.0. The Balaban J connectivity index is 1.73. The third-order valence-corrected chi connectivity index (χ3v) is 4.85. The molecule has 3 aromatic rings. The highest BCUT2D eigenvalue weighted by Crippen LogP contribution is 2.22. The SMILES string of the molecule is Cc1ccc(C(C)NC(=O)c2noc(C)c2COc2cccc(Cl)c2)c(C)c1. The standard InChI is InChI=1S/C22H23ClN2O3/c1-13-8-9-19(14(2)10-13)15(3)24-22(26)21-20(16(4)28-25-21)12-27-18-7-5-6-17(23)11-18/h5-11,15H,12H2,1-4H3,(H,24,26). The van der Waals surface area contributed by atoms with Gasteiger partial charge in [-0.05, 0) is 57.0 Å². The second kappa shape index (κ2) is 8.48. The molecule has 146 valence electrons. The van der Waals surface area contributed by atoms with Gasteiger partial charge in [0.1, 0.15) is 18.1 Å². The van der Waals surface area contributed by atoms with E-state index in [2.05, 4.69) is 16.5 Å². The van der Waals surface area contributed by atoms with Crippen molar-refractivity contribution in [2.24, 2.45) is 0 Å². The normalized spacial score (nSPS) is 11.9. The van der Waals surface area contributed by atoms with Crippen molar-refractivity contribution in [2.45, 2.75) is 40.3 Å². The van der Waals surface area contributed by atoms with E-state index in [4.69, 9.17) is 20.9 Å². The smallest absolute Gasteiger partial charge is 0.274 e. The van der Waals surface area contributed by atoms with Gasteiger partial charge in [0.25, 0.3) is 5.91 Å². The second-order valence-corrected chi connectivity index (χ2v) is 7.30. The highest BCUT2D eigenvalue weighted by Gasteiger charge is 2.22. The van der Waals surface area contributed by atoms with Crippen molar-refractivity contribution in [3.8, 4) is 5.75 Å². The van der Waals surface area contributed by atoms with Gasteiger partial charge in [0.05, 0.1) is 11.6 Å². The maximum atomic E-state index is 12.8. The summed E-state index contributed by atoms with van der Waals surface area (Å²) in [4.78, 5) is 12.8. The van der Waals surface area contributed by atoms with Crippen molar-refractivity contribution in [2.75, 3.05) is 0 Å². The van der Waals surface area contributed by atoms with Crippen LogP contribution in [0.15, 0.2) is 47.0 Å². The number of ether oxygens (including phenoxy) is 1. The van der Waals surface area contributed by atoms with E-state index >= 15 is 0 Å². The molecule has 5 nitrogen and oxygen atoms in total. The Bertz CT molecular complexity index is 997. The minimum atomic E-state index is -0.297. The molecule has 0 aliphatic heterocycles. The average molecular weight is 399 g/mol. The van der Waals surface area contributed by atoms with Crippen molar-refractivity contribution in [3.63, 3.8) is 0 Å². The fraction of sp³-hybridized carbons (Fsp3) is 0.273. The molecule has 1 heterocycles. The number of benzene rings is 2. The van der Waals surface area contributed by atoms with Gasteiger partial charge in [0.2, 0.25) is 0 Å². The van der Waals surface area contributed by atoms with E-state index in [-0.39, 0.29) is 24.2 Å². The zero-order chi connectivity index (χ0) is 20.3. The second-order valence-electron chi connectivity index (χ2n) is 6.87. The quantitative estimate of drug-likeness (QED) is 0.610. The molecular formula is C22H23ClN2O3. The molecule has 0 fully saturated rings. The van der Waals surface area contributed by atoms with Crippen LogP contribution in [-0.2, 0) is 6.61 Å². The molecule has 0 spiro atoms. The maximum Gasteiger partial charge on any atom is 0.274 e. The Labute approximate surface area is 169 Å². The molecule has 1 amide bonds. The molecule has 0 aliphatic rings. The number of halogens is 1. The number of rotatable bonds is 6. The Kier molecular flexibility index (Phi) is 6.05. The van der Waals surface area contributed by atoms with Crippen LogP contribution in [0, 0.1) is 20.8 Å². The average Bonchev–Trinajstić information content (AvgIpc) is 3.00. The Morgan fingerprint density at radius 3 is 2.71 bits per heavy atom. The van der Waals surface area contributed by atoms with Gasteiger partial charge in [-0.2, -0.15) is 0 Å². The lowest BCUT2D eigenvalue weighted by atomic mass is 10.00. The monoisotopic (exact) mass is 398 g/mol. The van der Waals surface area contributed by atoms with Gasteiger partial charge in [0, 0.05) is 5.02 Å². The van der Waals surface area contributed by atoms with E-state index in [1.807, 2.05) is 32.9 Å². The van der Waals surface area contributed by atoms with Gasteiger partial charge >= 0.3 is 0 Å². The van der Waals surface area contributed by atoms with E-state index in [1.165, 1.54) is 5.56 Å². The minimum Gasteiger partial charge on any atom is -0.489 e. The molecule has 0 bridgehead atoms. The van der Waals surface area contributed by atoms with Gasteiger partial charge in [-0.3, -0.25) is 4.79 Å². The van der Waals surface area contributed by atoms with Crippen LogP contribution in [0.5, 0.6) is 5.75 Å². The molecule has 0 saturated carbocycles. The summed E-state index contributed by atoms with van der Waals surface area (Å²) in [5.41, 5.74) is 4.23. The summed E-state index contributed by atoms with van der Waals surface area (Å²) in [6.07, 6.45) is 0. The van der Waals surface area contributed by atoms with Crippen LogP contribution in [0.2, 0.25) is 5.02 Å². The van der Waals surface area contributed by atoms with Crippen molar-refractivity contribution in [3.05, 3.63) is 81.2 Å². The van der Waals surface area contributed by atoms with E-state index < -0.39 is 0 Å². The number of carbonyl (C=O) groups excluding carboxylic acids is 1. The molecule has 3 rings (SSSR count). The van der Waals surface area contributed by atoms with E-state index in [1.54, 1.807) is 31.2 Å². The van der Waals surface area contributed by atoms with Gasteiger partial charge < -0.3 is 14.6 Å². The summed E-state index contributed by atoms with van der Waals surface area (Å²) in [6.45, 7) is 7.95. The summed E-state index contributed by atoms with van der Waals surface area (Å²) in [5, 5.41) is 7.51. The number of carbonyl (C=O) groups is 1. The first-order valence-corrected chi connectivity index (χ1v) is 9.44. The summed E-state index contributed by atoms with van der Waals surface area (Å²) in [6, 6.07) is 13.1. The molecule has 28 heavy (non-hydrogen) atoms. The van der Waals surface area contributed by atoms with Crippen LogP contribution in [0.4, 0.5) is 0 Å². The molecular weight excluding hydrogens is 376 g/mol. The summed E-state index contributed by atoms with van der Waals surface area (Å²) >= 11 is 5.98. The fourth-order valence-corrected chi connectivity index (χ4v) is 3.29. The number of nitrogens with zero attached hydrogens (tertiary/aromatic N) is 1. The minimum absolute atomic E-state index is 0.160. The van der Waals surface area contributed by atoms with Gasteiger partial charge in [-0.1, -0.05) is 46.6 Å². The number of nitrogens with one attached hydrogen (secondary N) is 1. The van der Waals surface area contributed by atoms with Crippen LogP contribution in [0.25, 0.3) is 0 Å². The molecule has 0 radical (unpaired) electrons. The van der Waals surface area contributed by atoms with E-state index in [0.29, 0.717) is 22.1 Å². The number of hydrogen-bond acceptors (Lipinski definition) is 4. The van der Waals surface area contributed by atoms with E-state index in [0.717, 1.165) is 11.1 Å². The Morgan fingerprint density at radius 1 is 1.21 bits per heavy atom. The first-order valence-electron chi connectivity index (χ1n) is 9.06. The predicted octanol–water partition coefficient (Wildman–Crippen LogP) is 5.32. The zero-order valence-corrected chi connectivity index (χ0v) is 17.1. The zero-order valence-electron chi connectivity index (χ0n) is 16.4. The molecule has 0 saturated heterocycles. The largest absolute Gasteiger partial charge is 0.489 e. The Hall–Kier alpha value is -2.79. The number of aryl methyl sites for hydroxylation is 3. The van der Waals surface area contributed by atoms with Crippen LogP contribution in [-0.4, -0.2) is 11.1 Å². The highest BCUT2D eigenvalue weighted by atomic mass is 35.5. The molecule has 0 aliphatic carbocycles. The van der Waals surface area contributed by atoms with Crippen LogP contribution < -0.4 is 10.1 Å². The third kappa shape index (κ3) is 4.54. The molecule has 1 aromatic heterocycles. The van der Waals surface area contributed by atoms with Crippen molar-refractivity contribution < 1.29 is 14.1 Å². The van der Waals surface area contributed by atoms with Gasteiger partial charge in [0.15, 0.2) is 5.69 Å². The lowest BCUT2D eigenvalue weighted by molar-refractivity contribution is 0.0928. The fourth-order valence-electron chi connectivity index (χ4n) is 3.11. The molecule has 1 unspecified atom stereocenters. The highest BCUT2D eigenvalue weighted by molar-refractivity contribution is 6.30. The van der Waals surface area contributed by atoms with Gasteiger partial charge in [-0.15, -0.1) is 0 Å². The lowest BCUT2D eigenvalue weighted by Crippen LogP contribution is -2.28. The third-order valence-electron chi connectivity index (χ3n) is 4.62. The lowest BCUT2D eigenvalue weighted by Gasteiger charge is -2.17. The summed E-state index contributed by atoms with van der Waals surface area (Å²) in [7, 11) is 0. The first-order chi connectivity index (χ1) is 13.3.